The average Bonchev–Trinajstić information content (AvgIpc) is 2.64. The third-order valence-electron chi connectivity index (χ3n) is 3.95. The molecule has 0 amide bonds. The van der Waals surface area contributed by atoms with Crippen LogP contribution in [0.1, 0.15) is 24.0 Å². The Labute approximate surface area is 174 Å². The summed E-state index contributed by atoms with van der Waals surface area (Å²) in [5.74, 6) is 0.0158. The molecule has 0 aliphatic rings. The summed E-state index contributed by atoms with van der Waals surface area (Å²) < 4.78 is 0. The monoisotopic (exact) mass is 415 g/mol. The summed E-state index contributed by atoms with van der Waals surface area (Å²) in [4.78, 5) is 10.9. The van der Waals surface area contributed by atoms with Crippen molar-refractivity contribution >= 4 is 12.4 Å². The second-order valence-electron chi connectivity index (χ2n) is 6.16. The Morgan fingerprint density at radius 2 is 1.19 bits per heavy atom. The maximum atomic E-state index is 11.5. The van der Waals surface area contributed by atoms with E-state index in [1.54, 1.807) is 48.8 Å². The predicted octanol–water partition coefficient (Wildman–Crippen LogP) is 2.08. The van der Waals surface area contributed by atoms with Crippen LogP contribution in [0, 0.1) is 0 Å². The van der Waals surface area contributed by atoms with Crippen molar-refractivity contribution in [2.24, 2.45) is 9.98 Å². The standard InChI is InChI=1S/C21H27N3O2.Zn/c1-24(14-6-12-22-16-18-8-2-4-10-20(18)25)15-7-13-23-17-19-9-3-5-11-21(19)26;/h2-5,8-11,16-17,25-26H,6-7,12-15H2,1H3;/q;+2/p-2. The van der Waals surface area contributed by atoms with Crippen LogP contribution in [0.2, 0.25) is 0 Å². The van der Waals surface area contributed by atoms with Crippen LogP contribution < -0.4 is 10.2 Å². The third-order valence-corrected chi connectivity index (χ3v) is 3.95. The molecule has 0 N–H and O–H groups in total. The van der Waals surface area contributed by atoms with E-state index in [2.05, 4.69) is 21.9 Å². The molecule has 0 unspecified atom stereocenters. The SMILES string of the molecule is CN(CCCN=Cc1ccccc1[O-])CCCN=Cc1ccccc1[O-].[Zn+2]. The zero-order valence-corrected chi connectivity index (χ0v) is 18.8. The average molecular weight is 417 g/mol. The molecule has 0 aliphatic heterocycles. The maximum Gasteiger partial charge on any atom is 2.00 e. The molecule has 0 saturated heterocycles. The van der Waals surface area contributed by atoms with Crippen molar-refractivity contribution in [3.05, 3.63) is 59.7 Å². The summed E-state index contributed by atoms with van der Waals surface area (Å²) in [6.07, 6.45) is 5.21. The maximum absolute atomic E-state index is 11.5. The van der Waals surface area contributed by atoms with Crippen LogP contribution in [0.5, 0.6) is 11.5 Å². The fourth-order valence-corrected chi connectivity index (χ4v) is 2.48. The van der Waals surface area contributed by atoms with Crippen molar-refractivity contribution in [3.63, 3.8) is 0 Å². The van der Waals surface area contributed by atoms with Crippen molar-refractivity contribution in [1.29, 1.82) is 0 Å². The Kier molecular flexibility index (Phi) is 11.2. The molecule has 2 rings (SSSR count). The van der Waals surface area contributed by atoms with E-state index < -0.39 is 0 Å². The third kappa shape index (κ3) is 8.94. The first-order chi connectivity index (χ1) is 12.7. The molecule has 0 fully saturated rings. The number of nitrogens with zero attached hydrogens (tertiary/aromatic N) is 3. The molecule has 2 aromatic carbocycles. The van der Waals surface area contributed by atoms with E-state index in [4.69, 9.17) is 0 Å². The normalized spacial score (nSPS) is 11.3. The van der Waals surface area contributed by atoms with E-state index >= 15 is 0 Å². The van der Waals surface area contributed by atoms with Gasteiger partial charge in [0, 0.05) is 25.5 Å². The number of hydrogen-bond donors (Lipinski definition) is 0. The molecule has 138 valence electrons. The molecular weight excluding hydrogens is 392 g/mol. The molecule has 0 atom stereocenters. The quantitative estimate of drug-likeness (QED) is 0.338. The summed E-state index contributed by atoms with van der Waals surface area (Å²) in [7, 11) is 2.08. The van der Waals surface area contributed by atoms with Crippen molar-refractivity contribution in [2.75, 3.05) is 33.2 Å². The summed E-state index contributed by atoms with van der Waals surface area (Å²) >= 11 is 0. The van der Waals surface area contributed by atoms with E-state index in [0.29, 0.717) is 24.2 Å². The molecule has 2 aromatic rings. The summed E-state index contributed by atoms with van der Waals surface area (Å²) in [6, 6.07) is 13.8. The van der Waals surface area contributed by atoms with Crippen LogP contribution in [0.25, 0.3) is 0 Å². The molecule has 0 spiro atoms. The molecule has 27 heavy (non-hydrogen) atoms. The van der Waals surface area contributed by atoms with Crippen LogP contribution >= 0.6 is 0 Å². The summed E-state index contributed by atoms with van der Waals surface area (Å²) in [5.41, 5.74) is 1.27. The van der Waals surface area contributed by atoms with Crippen LogP contribution in [0.3, 0.4) is 0 Å². The number of para-hydroxylation sites is 2. The molecule has 6 heteroatoms. The smallest absolute Gasteiger partial charge is 0.872 e. The Bertz CT molecular complexity index is 673. The minimum Gasteiger partial charge on any atom is -0.872 e. The Balaban J connectivity index is 0.00000364. The summed E-state index contributed by atoms with van der Waals surface area (Å²) in [5, 5.41) is 23.1. The number of hydrogen-bond acceptors (Lipinski definition) is 5. The largest absolute Gasteiger partial charge is 2.00 e. The van der Waals surface area contributed by atoms with Gasteiger partial charge in [-0.2, -0.15) is 0 Å². The van der Waals surface area contributed by atoms with Gasteiger partial charge in [-0.05, 0) is 44.1 Å². The second-order valence-corrected chi connectivity index (χ2v) is 6.16. The molecule has 0 aliphatic carbocycles. The van der Waals surface area contributed by atoms with Gasteiger partial charge in [0.25, 0.3) is 0 Å². The van der Waals surface area contributed by atoms with Gasteiger partial charge in [0.1, 0.15) is 0 Å². The van der Waals surface area contributed by atoms with Crippen molar-refractivity contribution in [1.82, 2.24) is 4.90 Å². The van der Waals surface area contributed by atoms with Gasteiger partial charge in [-0.25, -0.2) is 0 Å². The van der Waals surface area contributed by atoms with Crippen molar-refractivity contribution in [2.45, 2.75) is 12.8 Å². The topological polar surface area (TPSA) is 74.1 Å². The fraction of sp³-hybridized carbons (Fsp3) is 0.333. The van der Waals surface area contributed by atoms with E-state index in [1.165, 1.54) is 0 Å². The summed E-state index contributed by atoms with van der Waals surface area (Å²) in [6.45, 7) is 3.31. The zero-order valence-electron chi connectivity index (χ0n) is 15.9. The Hall–Kier alpha value is -2.04. The van der Waals surface area contributed by atoms with E-state index in [0.717, 1.165) is 25.9 Å². The van der Waals surface area contributed by atoms with Crippen LogP contribution in [-0.4, -0.2) is 50.6 Å². The van der Waals surface area contributed by atoms with Crippen LogP contribution in [0.4, 0.5) is 0 Å². The van der Waals surface area contributed by atoms with Gasteiger partial charge >= 0.3 is 19.5 Å². The zero-order chi connectivity index (χ0) is 18.6. The number of benzene rings is 2. The minimum atomic E-state index is 0. The van der Waals surface area contributed by atoms with Gasteiger partial charge in [0.15, 0.2) is 0 Å². The first kappa shape index (κ1) is 23.0. The van der Waals surface area contributed by atoms with E-state index in [1.807, 2.05) is 12.1 Å². The Morgan fingerprint density at radius 3 is 1.59 bits per heavy atom. The molecule has 0 bridgehead atoms. The molecular formula is C21H25N3O2Zn. The van der Waals surface area contributed by atoms with Crippen LogP contribution in [-0.2, 0) is 19.5 Å². The van der Waals surface area contributed by atoms with Gasteiger partial charge in [0.2, 0.25) is 0 Å². The fourth-order valence-electron chi connectivity index (χ4n) is 2.48. The first-order valence-electron chi connectivity index (χ1n) is 8.87. The van der Waals surface area contributed by atoms with Gasteiger partial charge in [0.05, 0.1) is 0 Å². The molecule has 0 aromatic heterocycles. The van der Waals surface area contributed by atoms with Crippen LogP contribution in [0.15, 0.2) is 58.5 Å². The first-order valence-corrected chi connectivity index (χ1v) is 8.87. The second kappa shape index (κ2) is 13.2. The molecule has 0 heterocycles. The molecule has 5 nitrogen and oxygen atoms in total. The number of aliphatic imine (C=N–C) groups is 2. The van der Waals surface area contributed by atoms with Gasteiger partial charge in [-0.3, -0.25) is 9.98 Å². The van der Waals surface area contributed by atoms with E-state index in [-0.39, 0.29) is 31.0 Å². The molecule has 0 radical (unpaired) electrons. The molecule has 0 saturated carbocycles. The number of rotatable bonds is 10. The van der Waals surface area contributed by atoms with Gasteiger partial charge < -0.3 is 15.1 Å². The van der Waals surface area contributed by atoms with Gasteiger partial charge in [-0.15, -0.1) is 11.5 Å². The van der Waals surface area contributed by atoms with Crippen molar-refractivity contribution in [3.8, 4) is 11.5 Å². The van der Waals surface area contributed by atoms with Crippen molar-refractivity contribution < 1.29 is 29.7 Å². The minimum absolute atomic E-state index is 0. The van der Waals surface area contributed by atoms with E-state index in [9.17, 15) is 10.2 Å². The predicted molar refractivity (Wildman–Crippen MR) is 103 cm³/mol. The Morgan fingerprint density at radius 1 is 0.778 bits per heavy atom. The van der Waals surface area contributed by atoms with Gasteiger partial charge in [-0.1, -0.05) is 48.5 Å².